The molecule has 122 valence electrons. The highest BCUT2D eigenvalue weighted by Crippen LogP contribution is 2.24. The van der Waals surface area contributed by atoms with Gasteiger partial charge in [-0.05, 0) is 25.2 Å². The molecule has 2 saturated heterocycles. The molecule has 0 aromatic carbocycles. The molecule has 0 N–H and O–H groups in total. The Morgan fingerprint density at radius 2 is 2.09 bits per heavy atom. The van der Waals surface area contributed by atoms with Gasteiger partial charge < -0.3 is 14.4 Å². The van der Waals surface area contributed by atoms with Crippen molar-refractivity contribution in [2.45, 2.75) is 38.3 Å². The van der Waals surface area contributed by atoms with E-state index in [0.717, 1.165) is 32.5 Å². The quantitative estimate of drug-likeness (QED) is 0.801. The molecule has 1 atom stereocenters. The van der Waals surface area contributed by atoms with Gasteiger partial charge in [0.2, 0.25) is 5.91 Å². The number of carbonyl (C=O) groups is 1. The Balaban J connectivity index is 1.52. The van der Waals surface area contributed by atoms with Crippen LogP contribution in [0.4, 0.5) is 0 Å². The van der Waals surface area contributed by atoms with E-state index in [1.54, 1.807) is 11.0 Å². The van der Waals surface area contributed by atoms with Crippen molar-refractivity contribution < 1.29 is 14.3 Å². The second kappa shape index (κ2) is 7.69. The van der Waals surface area contributed by atoms with Gasteiger partial charge in [-0.2, -0.15) is 5.10 Å². The maximum absolute atomic E-state index is 12.5. The van der Waals surface area contributed by atoms with Crippen LogP contribution < -0.4 is 0 Å². The summed E-state index contributed by atoms with van der Waals surface area (Å²) in [5.41, 5.74) is 0. The monoisotopic (exact) mass is 308 g/mol. The van der Waals surface area contributed by atoms with E-state index in [1.165, 1.54) is 6.33 Å². The highest BCUT2D eigenvalue weighted by Gasteiger charge is 2.29. The second-order valence-corrected chi connectivity index (χ2v) is 6.02. The number of hydrogen-bond acceptors (Lipinski definition) is 5. The molecule has 2 aliphatic heterocycles. The average molecular weight is 308 g/mol. The lowest BCUT2D eigenvalue weighted by Gasteiger charge is -2.38. The van der Waals surface area contributed by atoms with Crippen molar-refractivity contribution in [3.63, 3.8) is 0 Å². The Morgan fingerprint density at radius 1 is 1.23 bits per heavy atom. The summed E-state index contributed by atoms with van der Waals surface area (Å²) in [6, 6.07) is 0.208. The molecule has 2 fully saturated rings. The van der Waals surface area contributed by atoms with Crippen molar-refractivity contribution in [2.75, 3.05) is 33.0 Å². The number of aryl methyl sites for hydroxylation is 1. The molecule has 1 aromatic heterocycles. The number of ether oxygens (including phenoxy) is 2. The van der Waals surface area contributed by atoms with Crippen LogP contribution in [0, 0.1) is 5.92 Å². The van der Waals surface area contributed by atoms with Crippen LogP contribution in [0.1, 0.15) is 25.7 Å². The highest BCUT2D eigenvalue weighted by molar-refractivity contribution is 5.76. The summed E-state index contributed by atoms with van der Waals surface area (Å²) in [4.78, 5) is 18.4. The smallest absolute Gasteiger partial charge is 0.224 e. The molecule has 0 bridgehead atoms. The first-order valence-electron chi connectivity index (χ1n) is 8.10. The number of carbonyl (C=O) groups excluding carboxylic acids is 1. The maximum Gasteiger partial charge on any atom is 0.224 e. The summed E-state index contributed by atoms with van der Waals surface area (Å²) >= 11 is 0. The molecular formula is C15H24N4O3. The van der Waals surface area contributed by atoms with Gasteiger partial charge in [-0.15, -0.1) is 0 Å². The fourth-order valence-electron chi connectivity index (χ4n) is 3.25. The molecule has 7 nitrogen and oxygen atoms in total. The highest BCUT2D eigenvalue weighted by atomic mass is 16.5. The minimum atomic E-state index is 0.191. The van der Waals surface area contributed by atoms with Crippen molar-refractivity contribution in [3.8, 4) is 0 Å². The van der Waals surface area contributed by atoms with Gasteiger partial charge in [0, 0.05) is 26.2 Å². The standard InChI is InChI=1S/C15H24N4O3/c20-15(1-4-18-12-16-11-17-18)19-5-8-22-10-14(19)9-13-2-6-21-7-3-13/h11-14H,1-10H2. The summed E-state index contributed by atoms with van der Waals surface area (Å²) in [6.07, 6.45) is 6.82. The van der Waals surface area contributed by atoms with Crippen LogP contribution in [0.2, 0.25) is 0 Å². The fourth-order valence-corrected chi connectivity index (χ4v) is 3.25. The maximum atomic E-state index is 12.5. The first-order chi connectivity index (χ1) is 10.8. The zero-order valence-electron chi connectivity index (χ0n) is 12.9. The number of amides is 1. The van der Waals surface area contributed by atoms with Crippen molar-refractivity contribution in [1.82, 2.24) is 19.7 Å². The van der Waals surface area contributed by atoms with Crippen molar-refractivity contribution >= 4 is 5.91 Å². The Hall–Kier alpha value is -1.47. The zero-order valence-corrected chi connectivity index (χ0v) is 12.9. The number of nitrogens with zero attached hydrogens (tertiary/aromatic N) is 4. The summed E-state index contributed by atoms with van der Waals surface area (Å²) in [5.74, 6) is 0.835. The predicted octanol–water partition coefficient (Wildman–Crippen LogP) is 0.712. The van der Waals surface area contributed by atoms with Gasteiger partial charge in [0.05, 0.1) is 25.8 Å². The molecule has 1 unspecified atom stereocenters. The average Bonchev–Trinajstić information content (AvgIpc) is 3.08. The third kappa shape index (κ3) is 4.04. The van der Waals surface area contributed by atoms with Crippen LogP contribution in [0.15, 0.2) is 12.7 Å². The van der Waals surface area contributed by atoms with Gasteiger partial charge in [0.1, 0.15) is 12.7 Å². The number of hydrogen-bond donors (Lipinski definition) is 0. The van der Waals surface area contributed by atoms with E-state index in [2.05, 4.69) is 10.1 Å². The normalized spacial score (nSPS) is 23.6. The molecule has 0 saturated carbocycles. The molecule has 1 aromatic rings. The molecule has 0 spiro atoms. The molecule has 2 aliphatic rings. The van der Waals surface area contributed by atoms with Crippen LogP contribution >= 0.6 is 0 Å². The van der Waals surface area contributed by atoms with Crippen molar-refractivity contribution in [1.29, 1.82) is 0 Å². The number of morpholine rings is 1. The zero-order chi connectivity index (χ0) is 15.2. The molecule has 7 heteroatoms. The summed E-state index contributed by atoms with van der Waals surface area (Å²) in [6.45, 7) is 4.27. The van der Waals surface area contributed by atoms with E-state index >= 15 is 0 Å². The first-order valence-corrected chi connectivity index (χ1v) is 8.10. The summed E-state index contributed by atoms with van der Waals surface area (Å²) in [7, 11) is 0. The SMILES string of the molecule is O=C(CCn1cncn1)N1CCOCC1CC1CCOCC1. The minimum absolute atomic E-state index is 0.191. The summed E-state index contributed by atoms with van der Waals surface area (Å²) in [5, 5.41) is 4.04. The Labute approximate surface area is 130 Å². The van der Waals surface area contributed by atoms with Gasteiger partial charge in [-0.3, -0.25) is 9.48 Å². The molecule has 22 heavy (non-hydrogen) atoms. The van der Waals surface area contributed by atoms with Crippen LogP contribution in [0.3, 0.4) is 0 Å². The molecule has 0 aliphatic carbocycles. The number of rotatable bonds is 5. The third-order valence-electron chi connectivity index (χ3n) is 4.52. The molecule has 3 heterocycles. The van der Waals surface area contributed by atoms with E-state index in [4.69, 9.17) is 9.47 Å². The van der Waals surface area contributed by atoms with Gasteiger partial charge in [0.15, 0.2) is 0 Å². The predicted molar refractivity (Wildman–Crippen MR) is 79.1 cm³/mol. The van der Waals surface area contributed by atoms with Gasteiger partial charge in [-0.25, -0.2) is 4.98 Å². The van der Waals surface area contributed by atoms with E-state index in [9.17, 15) is 4.79 Å². The van der Waals surface area contributed by atoms with E-state index in [-0.39, 0.29) is 11.9 Å². The second-order valence-electron chi connectivity index (χ2n) is 6.02. The van der Waals surface area contributed by atoms with Crippen LogP contribution in [0.5, 0.6) is 0 Å². The van der Waals surface area contributed by atoms with E-state index in [0.29, 0.717) is 38.6 Å². The van der Waals surface area contributed by atoms with Gasteiger partial charge >= 0.3 is 0 Å². The molecular weight excluding hydrogens is 284 g/mol. The molecule has 3 rings (SSSR count). The van der Waals surface area contributed by atoms with Crippen LogP contribution in [0.25, 0.3) is 0 Å². The first kappa shape index (κ1) is 15.4. The fraction of sp³-hybridized carbons (Fsp3) is 0.800. The van der Waals surface area contributed by atoms with Crippen molar-refractivity contribution in [3.05, 3.63) is 12.7 Å². The lowest BCUT2D eigenvalue weighted by atomic mass is 9.91. The Kier molecular flexibility index (Phi) is 5.39. The topological polar surface area (TPSA) is 69.5 Å². The largest absolute Gasteiger partial charge is 0.381 e. The van der Waals surface area contributed by atoms with Gasteiger partial charge in [0.25, 0.3) is 0 Å². The van der Waals surface area contributed by atoms with E-state index < -0.39 is 0 Å². The lowest BCUT2D eigenvalue weighted by Crippen LogP contribution is -2.49. The van der Waals surface area contributed by atoms with Crippen LogP contribution in [-0.4, -0.2) is 64.6 Å². The Morgan fingerprint density at radius 3 is 2.86 bits per heavy atom. The molecule has 1 amide bonds. The van der Waals surface area contributed by atoms with E-state index in [1.807, 2.05) is 4.90 Å². The summed E-state index contributed by atoms with van der Waals surface area (Å²) < 4.78 is 12.7. The third-order valence-corrected chi connectivity index (χ3v) is 4.52. The van der Waals surface area contributed by atoms with Crippen molar-refractivity contribution in [2.24, 2.45) is 5.92 Å². The van der Waals surface area contributed by atoms with Gasteiger partial charge in [-0.1, -0.05) is 0 Å². The Bertz CT molecular complexity index is 459. The lowest BCUT2D eigenvalue weighted by molar-refractivity contribution is -0.141. The number of aromatic nitrogens is 3. The minimum Gasteiger partial charge on any atom is -0.381 e. The molecule has 0 radical (unpaired) electrons. The van der Waals surface area contributed by atoms with Crippen LogP contribution in [-0.2, 0) is 20.8 Å².